The number of hydrogen-bond donors (Lipinski definition) is 2. The number of aryl methyl sites for hydroxylation is 1. The van der Waals surface area contributed by atoms with E-state index in [9.17, 15) is 17.6 Å². The first kappa shape index (κ1) is 25.0. The van der Waals surface area contributed by atoms with E-state index < -0.39 is 18.0 Å². The highest BCUT2D eigenvalue weighted by molar-refractivity contribution is 7.14. The van der Waals surface area contributed by atoms with Gasteiger partial charge in [-0.25, -0.2) is 19.2 Å². The minimum absolute atomic E-state index is 0.218. The number of nitrogens with zero attached hydrogens (tertiary/aromatic N) is 3. The maximum atomic E-state index is 13.9. The van der Waals surface area contributed by atoms with Crippen LogP contribution in [-0.4, -0.2) is 38.7 Å². The van der Waals surface area contributed by atoms with Crippen LogP contribution in [0.3, 0.4) is 0 Å². The quantitative estimate of drug-likeness (QED) is 0.322. The number of pyridine rings is 1. The van der Waals surface area contributed by atoms with Crippen molar-refractivity contribution >= 4 is 33.8 Å². The molecule has 0 amide bonds. The van der Waals surface area contributed by atoms with Crippen LogP contribution in [0.2, 0.25) is 0 Å². The van der Waals surface area contributed by atoms with Crippen molar-refractivity contribution in [3.8, 4) is 17.1 Å². The average Bonchev–Trinajstić information content (AvgIpc) is 3.37. The van der Waals surface area contributed by atoms with Crippen LogP contribution in [0, 0.1) is 5.82 Å². The first-order chi connectivity index (χ1) is 16.1. The summed E-state index contributed by atoms with van der Waals surface area (Å²) >= 11 is 1.48. The topological polar surface area (TPSA) is 88.8 Å². The molecule has 7 nitrogen and oxygen atoms in total. The molecule has 3 aromatic heterocycles. The van der Waals surface area contributed by atoms with Crippen molar-refractivity contribution in [1.29, 1.82) is 0 Å². The molecule has 4 rings (SSSR count). The van der Waals surface area contributed by atoms with Crippen LogP contribution in [0.4, 0.5) is 28.4 Å². The van der Waals surface area contributed by atoms with E-state index in [1.165, 1.54) is 24.5 Å². The summed E-state index contributed by atoms with van der Waals surface area (Å²) in [7, 11) is 1.45. The van der Waals surface area contributed by atoms with E-state index >= 15 is 0 Å². The van der Waals surface area contributed by atoms with Crippen LogP contribution in [0.1, 0.15) is 19.0 Å². The number of nitrogens with one attached hydrogen (secondary N) is 1. The zero-order valence-electron chi connectivity index (χ0n) is 18.1. The molecule has 3 heterocycles. The second-order valence-corrected chi connectivity index (χ2v) is 7.76. The zero-order chi connectivity index (χ0) is 24.9. The van der Waals surface area contributed by atoms with Crippen LogP contribution < -0.4 is 10.1 Å². The molecule has 0 unspecified atom stereocenters. The SMILES string of the molecule is CCCc1nc2ccccn2c1-c1csc(Nc2ccc(OC)c(F)c2)n1.O=C(O)C(F)(F)F. The lowest BCUT2D eigenvalue weighted by molar-refractivity contribution is -0.192. The third-order valence-electron chi connectivity index (χ3n) is 4.48. The molecule has 0 saturated heterocycles. The molecule has 0 saturated carbocycles. The molecule has 0 atom stereocenters. The number of carbonyl (C=O) groups is 1. The largest absolute Gasteiger partial charge is 0.494 e. The van der Waals surface area contributed by atoms with Crippen molar-refractivity contribution < 1.29 is 32.2 Å². The Kier molecular flexibility index (Phi) is 7.72. The van der Waals surface area contributed by atoms with Crippen molar-refractivity contribution in [3.05, 3.63) is 59.5 Å². The fraction of sp³-hybridized carbons (Fsp3) is 0.227. The van der Waals surface area contributed by atoms with Crippen LogP contribution in [0.5, 0.6) is 5.75 Å². The number of halogens is 4. The van der Waals surface area contributed by atoms with Crippen LogP contribution >= 0.6 is 11.3 Å². The summed E-state index contributed by atoms with van der Waals surface area (Å²) in [6.45, 7) is 2.14. The Morgan fingerprint density at radius 3 is 2.59 bits per heavy atom. The van der Waals surface area contributed by atoms with E-state index in [1.54, 1.807) is 12.1 Å². The molecule has 1 aromatic carbocycles. The van der Waals surface area contributed by atoms with Crippen molar-refractivity contribution in [2.45, 2.75) is 25.9 Å². The smallest absolute Gasteiger partial charge is 0.490 e. The Hall–Kier alpha value is -3.67. The van der Waals surface area contributed by atoms with Gasteiger partial charge in [-0.1, -0.05) is 19.4 Å². The third-order valence-corrected chi connectivity index (χ3v) is 5.24. The summed E-state index contributed by atoms with van der Waals surface area (Å²) in [5.41, 5.74) is 4.45. The first-order valence-corrected chi connectivity index (χ1v) is 10.8. The van der Waals surface area contributed by atoms with Gasteiger partial charge in [0.2, 0.25) is 0 Å². The second-order valence-electron chi connectivity index (χ2n) is 6.90. The highest BCUT2D eigenvalue weighted by Gasteiger charge is 2.38. The standard InChI is InChI=1S/C20H19FN4OS.C2HF3O2/c1-3-6-15-19(25-10-5-4-7-18(25)23-15)16-12-27-20(24-16)22-13-8-9-17(26-2)14(21)11-13;3-2(4,5)1(6)7/h4-5,7-12H,3,6H2,1-2H3,(H,22,24);(H,6,7). The van der Waals surface area contributed by atoms with E-state index in [0.717, 1.165) is 35.6 Å². The van der Waals surface area contributed by atoms with Gasteiger partial charge in [0, 0.05) is 23.3 Å². The Labute approximate surface area is 195 Å². The molecule has 4 aromatic rings. The summed E-state index contributed by atoms with van der Waals surface area (Å²) in [5.74, 6) is -2.95. The van der Waals surface area contributed by atoms with Gasteiger partial charge in [0.15, 0.2) is 16.7 Å². The summed E-state index contributed by atoms with van der Waals surface area (Å²) < 4.78 is 52.7. The number of hydrogen-bond acceptors (Lipinski definition) is 6. The molecule has 0 fully saturated rings. The number of carboxylic acids is 1. The molecule has 2 N–H and O–H groups in total. The third kappa shape index (κ3) is 5.81. The summed E-state index contributed by atoms with van der Waals surface area (Å²) in [6.07, 6.45) is -1.18. The average molecular weight is 496 g/mol. The lowest BCUT2D eigenvalue weighted by Gasteiger charge is -2.06. The van der Waals surface area contributed by atoms with Gasteiger partial charge < -0.3 is 15.2 Å². The summed E-state index contributed by atoms with van der Waals surface area (Å²) in [5, 5.41) is 13.0. The number of methoxy groups -OCH3 is 1. The number of fused-ring (bicyclic) bond motifs is 1. The molecule has 0 aliphatic carbocycles. The monoisotopic (exact) mass is 496 g/mol. The zero-order valence-corrected chi connectivity index (χ0v) is 18.9. The molecule has 0 spiro atoms. The number of carboxylic acid groups (broad SMARTS) is 1. The predicted octanol–water partition coefficient (Wildman–Crippen LogP) is 5.93. The number of rotatable bonds is 6. The summed E-state index contributed by atoms with van der Waals surface area (Å²) in [4.78, 5) is 18.3. The first-order valence-electron chi connectivity index (χ1n) is 9.96. The van der Waals surface area contributed by atoms with Gasteiger partial charge in [-0.05, 0) is 30.7 Å². The van der Waals surface area contributed by atoms with Crippen LogP contribution in [0.15, 0.2) is 48.0 Å². The summed E-state index contributed by atoms with van der Waals surface area (Å²) in [6, 6.07) is 10.7. The van der Waals surface area contributed by atoms with Gasteiger partial charge in [0.1, 0.15) is 11.3 Å². The lowest BCUT2D eigenvalue weighted by atomic mass is 10.2. The number of anilines is 2. The Morgan fingerprint density at radius 1 is 1.24 bits per heavy atom. The van der Waals surface area contributed by atoms with Gasteiger partial charge >= 0.3 is 12.1 Å². The molecule has 34 heavy (non-hydrogen) atoms. The number of benzene rings is 1. The van der Waals surface area contributed by atoms with Crippen LogP contribution in [-0.2, 0) is 11.2 Å². The highest BCUT2D eigenvalue weighted by Crippen LogP contribution is 2.31. The van der Waals surface area contributed by atoms with E-state index in [-0.39, 0.29) is 5.75 Å². The van der Waals surface area contributed by atoms with E-state index in [2.05, 4.69) is 16.6 Å². The molecular weight excluding hydrogens is 476 g/mol. The molecule has 0 aliphatic rings. The molecule has 0 bridgehead atoms. The van der Waals surface area contributed by atoms with E-state index in [1.807, 2.05) is 29.8 Å². The van der Waals surface area contributed by atoms with Gasteiger partial charge in [0.25, 0.3) is 0 Å². The molecule has 12 heteroatoms. The highest BCUT2D eigenvalue weighted by atomic mass is 32.1. The maximum absolute atomic E-state index is 13.9. The Morgan fingerprint density at radius 2 is 1.97 bits per heavy atom. The van der Waals surface area contributed by atoms with Gasteiger partial charge in [-0.2, -0.15) is 13.2 Å². The minimum Gasteiger partial charge on any atom is -0.494 e. The minimum atomic E-state index is -5.08. The van der Waals surface area contributed by atoms with E-state index in [4.69, 9.17) is 24.6 Å². The lowest BCUT2D eigenvalue weighted by Crippen LogP contribution is -2.21. The number of ether oxygens (including phenoxy) is 1. The predicted molar refractivity (Wildman–Crippen MR) is 120 cm³/mol. The fourth-order valence-electron chi connectivity index (χ4n) is 3.03. The molecule has 0 aliphatic heterocycles. The van der Waals surface area contributed by atoms with Gasteiger partial charge in [-0.15, -0.1) is 11.3 Å². The number of aromatic nitrogens is 3. The second kappa shape index (κ2) is 10.5. The molecular formula is C22H20F4N4O3S. The maximum Gasteiger partial charge on any atom is 0.490 e. The number of alkyl halides is 3. The van der Waals surface area contributed by atoms with Gasteiger partial charge in [-0.3, -0.25) is 4.40 Å². The fourth-order valence-corrected chi connectivity index (χ4v) is 3.75. The Bertz CT molecular complexity index is 1290. The van der Waals surface area contributed by atoms with Crippen molar-refractivity contribution in [2.75, 3.05) is 12.4 Å². The molecule has 0 radical (unpaired) electrons. The normalized spacial score (nSPS) is 11.1. The van der Waals surface area contributed by atoms with Crippen molar-refractivity contribution in [3.63, 3.8) is 0 Å². The number of thiazole rings is 1. The number of imidazole rings is 1. The Balaban J connectivity index is 0.000000406. The van der Waals surface area contributed by atoms with Crippen LogP contribution in [0.25, 0.3) is 17.0 Å². The van der Waals surface area contributed by atoms with Gasteiger partial charge in [0.05, 0.1) is 18.5 Å². The molecule has 180 valence electrons. The van der Waals surface area contributed by atoms with E-state index in [0.29, 0.717) is 10.8 Å². The van der Waals surface area contributed by atoms with Crippen molar-refractivity contribution in [2.24, 2.45) is 0 Å². The number of aliphatic carboxylic acids is 1. The van der Waals surface area contributed by atoms with Crippen molar-refractivity contribution in [1.82, 2.24) is 14.4 Å².